The first kappa shape index (κ1) is 12.1. The number of nitrogens with one attached hydrogen (secondary N) is 2. The van der Waals surface area contributed by atoms with Crippen LogP contribution in [0.4, 0.5) is 5.82 Å². The molecule has 0 aliphatic heterocycles. The van der Waals surface area contributed by atoms with Crippen molar-refractivity contribution in [2.24, 2.45) is 5.73 Å². The molecule has 0 spiro atoms. The molecule has 2 rings (SSSR count). The first-order valence-corrected chi connectivity index (χ1v) is 6.14. The lowest BCUT2D eigenvalue weighted by Crippen LogP contribution is -2.51. The Hall–Kier alpha value is -1.36. The lowest BCUT2D eigenvalue weighted by molar-refractivity contribution is 0.286. The maximum atomic E-state index is 11.5. The van der Waals surface area contributed by atoms with Crippen LogP contribution < -0.4 is 16.6 Å². The van der Waals surface area contributed by atoms with Gasteiger partial charge in [0, 0.05) is 18.5 Å². The number of aromatic nitrogens is 2. The third kappa shape index (κ3) is 2.49. The zero-order valence-corrected chi connectivity index (χ0v) is 10.4. The van der Waals surface area contributed by atoms with Crippen LogP contribution in [-0.2, 0) is 0 Å². The minimum absolute atomic E-state index is 0.0466. The second-order valence-electron chi connectivity index (χ2n) is 5.13. The highest BCUT2D eigenvalue weighted by atomic mass is 16.1. The largest absolute Gasteiger partial charge is 0.363 e. The number of nitrogens with zero attached hydrogens (tertiary/aromatic N) is 1. The van der Waals surface area contributed by atoms with Crippen LogP contribution in [0.25, 0.3) is 0 Å². The van der Waals surface area contributed by atoms with E-state index < -0.39 is 0 Å². The zero-order chi connectivity index (χ0) is 12.5. The summed E-state index contributed by atoms with van der Waals surface area (Å²) in [5.74, 6) is 1.56. The van der Waals surface area contributed by atoms with E-state index in [1.807, 2.05) is 13.8 Å². The summed E-state index contributed by atoms with van der Waals surface area (Å²) in [4.78, 5) is 18.7. The number of hydrogen-bond donors (Lipinski definition) is 3. The van der Waals surface area contributed by atoms with Gasteiger partial charge in [-0.2, -0.15) is 0 Å². The fourth-order valence-electron chi connectivity index (χ4n) is 2.07. The van der Waals surface area contributed by atoms with Gasteiger partial charge in [-0.25, -0.2) is 4.98 Å². The number of anilines is 1. The van der Waals surface area contributed by atoms with Gasteiger partial charge in [-0.15, -0.1) is 0 Å². The van der Waals surface area contributed by atoms with Crippen LogP contribution in [0, 0.1) is 0 Å². The highest BCUT2D eigenvalue weighted by Crippen LogP contribution is 2.33. The molecule has 1 aromatic heterocycles. The van der Waals surface area contributed by atoms with Crippen molar-refractivity contribution in [3.8, 4) is 0 Å². The van der Waals surface area contributed by atoms with Crippen molar-refractivity contribution in [1.29, 1.82) is 0 Å². The van der Waals surface area contributed by atoms with Crippen LogP contribution in [0.2, 0.25) is 0 Å². The summed E-state index contributed by atoms with van der Waals surface area (Å²) in [5.41, 5.74) is 5.62. The van der Waals surface area contributed by atoms with Crippen LogP contribution in [0.1, 0.15) is 44.9 Å². The molecule has 5 heteroatoms. The van der Waals surface area contributed by atoms with E-state index in [-0.39, 0.29) is 17.0 Å². The van der Waals surface area contributed by atoms with Crippen molar-refractivity contribution in [2.75, 3.05) is 11.9 Å². The molecule has 0 saturated heterocycles. The van der Waals surface area contributed by atoms with Gasteiger partial charge in [0.25, 0.3) is 5.56 Å². The van der Waals surface area contributed by atoms with E-state index >= 15 is 0 Å². The van der Waals surface area contributed by atoms with E-state index in [0.29, 0.717) is 18.2 Å². The molecule has 0 unspecified atom stereocenters. The molecule has 1 aliphatic carbocycles. The van der Waals surface area contributed by atoms with Crippen LogP contribution in [0.15, 0.2) is 10.9 Å². The second kappa shape index (κ2) is 4.49. The summed E-state index contributed by atoms with van der Waals surface area (Å²) in [6, 6.07) is 1.50. The molecule has 0 radical (unpaired) electrons. The average molecular weight is 236 g/mol. The van der Waals surface area contributed by atoms with Crippen molar-refractivity contribution < 1.29 is 0 Å². The van der Waals surface area contributed by atoms with E-state index in [1.54, 1.807) is 0 Å². The van der Waals surface area contributed by atoms with Crippen molar-refractivity contribution in [1.82, 2.24) is 9.97 Å². The SMILES string of the molecule is CC(C)c1nc(NC2(CN)CCC2)cc(=O)[nH]1. The van der Waals surface area contributed by atoms with Crippen LogP contribution in [0.3, 0.4) is 0 Å². The van der Waals surface area contributed by atoms with E-state index in [1.165, 1.54) is 12.5 Å². The van der Waals surface area contributed by atoms with E-state index in [2.05, 4.69) is 15.3 Å². The maximum Gasteiger partial charge on any atom is 0.252 e. The minimum Gasteiger partial charge on any atom is -0.363 e. The number of H-pyrrole nitrogens is 1. The molecule has 4 N–H and O–H groups in total. The van der Waals surface area contributed by atoms with Gasteiger partial charge in [0.2, 0.25) is 0 Å². The highest BCUT2D eigenvalue weighted by Gasteiger charge is 2.35. The summed E-state index contributed by atoms with van der Waals surface area (Å²) in [6.45, 7) is 4.59. The van der Waals surface area contributed by atoms with Crippen molar-refractivity contribution >= 4 is 5.82 Å². The van der Waals surface area contributed by atoms with Crippen LogP contribution in [0.5, 0.6) is 0 Å². The van der Waals surface area contributed by atoms with Gasteiger partial charge in [0.15, 0.2) is 0 Å². The number of aromatic amines is 1. The molecule has 17 heavy (non-hydrogen) atoms. The predicted octanol–water partition coefficient (Wildman–Crippen LogP) is 1.19. The average Bonchev–Trinajstić information content (AvgIpc) is 2.22. The first-order chi connectivity index (χ1) is 8.04. The lowest BCUT2D eigenvalue weighted by Gasteiger charge is -2.42. The van der Waals surface area contributed by atoms with Crippen molar-refractivity contribution in [3.05, 3.63) is 22.2 Å². The van der Waals surface area contributed by atoms with Gasteiger partial charge in [-0.05, 0) is 19.3 Å². The van der Waals surface area contributed by atoms with Crippen LogP contribution >= 0.6 is 0 Å². The molecular weight excluding hydrogens is 216 g/mol. The Morgan fingerprint density at radius 1 is 1.59 bits per heavy atom. The number of rotatable bonds is 4. The van der Waals surface area contributed by atoms with Crippen LogP contribution in [-0.4, -0.2) is 22.1 Å². The van der Waals surface area contributed by atoms with Gasteiger partial charge >= 0.3 is 0 Å². The predicted molar refractivity (Wildman–Crippen MR) is 68.2 cm³/mol. The van der Waals surface area contributed by atoms with Gasteiger partial charge in [0.05, 0.1) is 5.54 Å². The molecule has 94 valence electrons. The van der Waals surface area contributed by atoms with Crippen molar-refractivity contribution in [3.63, 3.8) is 0 Å². The quantitative estimate of drug-likeness (QED) is 0.733. The molecule has 0 aromatic carbocycles. The van der Waals surface area contributed by atoms with E-state index in [9.17, 15) is 4.79 Å². The summed E-state index contributed by atoms with van der Waals surface area (Å²) >= 11 is 0. The molecule has 1 heterocycles. The van der Waals surface area contributed by atoms with E-state index in [0.717, 1.165) is 12.8 Å². The lowest BCUT2D eigenvalue weighted by atomic mass is 9.77. The van der Waals surface area contributed by atoms with Gasteiger partial charge < -0.3 is 16.0 Å². The Balaban J connectivity index is 2.23. The Kier molecular flexibility index (Phi) is 3.19. The molecular formula is C12H20N4O. The third-order valence-corrected chi connectivity index (χ3v) is 3.40. The smallest absolute Gasteiger partial charge is 0.252 e. The Labute approximate surface area is 101 Å². The molecule has 0 atom stereocenters. The summed E-state index contributed by atoms with van der Waals surface area (Å²) < 4.78 is 0. The fourth-order valence-corrected chi connectivity index (χ4v) is 2.07. The Morgan fingerprint density at radius 3 is 2.76 bits per heavy atom. The molecule has 1 aromatic rings. The first-order valence-electron chi connectivity index (χ1n) is 6.14. The third-order valence-electron chi connectivity index (χ3n) is 3.40. The summed E-state index contributed by atoms with van der Waals surface area (Å²) in [6.07, 6.45) is 3.29. The monoisotopic (exact) mass is 236 g/mol. The number of nitrogens with two attached hydrogens (primary N) is 1. The highest BCUT2D eigenvalue weighted by molar-refractivity contribution is 5.38. The zero-order valence-electron chi connectivity index (χ0n) is 10.4. The molecule has 5 nitrogen and oxygen atoms in total. The van der Waals surface area contributed by atoms with Gasteiger partial charge in [-0.3, -0.25) is 4.79 Å². The van der Waals surface area contributed by atoms with Gasteiger partial charge in [-0.1, -0.05) is 13.8 Å². The van der Waals surface area contributed by atoms with E-state index in [4.69, 9.17) is 5.73 Å². The molecule has 0 amide bonds. The van der Waals surface area contributed by atoms with Gasteiger partial charge in [0.1, 0.15) is 11.6 Å². The summed E-state index contributed by atoms with van der Waals surface area (Å²) in [5, 5.41) is 3.32. The summed E-state index contributed by atoms with van der Waals surface area (Å²) in [7, 11) is 0. The van der Waals surface area contributed by atoms with Crippen molar-refractivity contribution in [2.45, 2.75) is 44.6 Å². The standard InChI is InChI=1S/C12H20N4O/c1-8(2)11-14-9(6-10(17)15-11)16-12(7-13)4-3-5-12/h6,8H,3-5,7,13H2,1-2H3,(H2,14,15,16,17). The maximum absolute atomic E-state index is 11.5. The topological polar surface area (TPSA) is 83.8 Å². The second-order valence-corrected chi connectivity index (χ2v) is 5.13. The Morgan fingerprint density at radius 2 is 2.29 bits per heavy atom. The Bertz CT molecular complexity index is 443. The minimum atomic E-state index is -0.113. The molecule has 1 saturated carbocycles. The normalized spacial score (nSPS) is 17.9. The molecule has 1 aliphatic rings. The molecule has 1 fully saturated rings. The number of hydrogen-bond acceptors (Lipinski definition) is 4. The molecule has 0 bridgehead atoms. The fraction of sp³-hybridized carbons (Fsp3) is 0.667.